The third kappa shape index (κ3) is 3.25. The second-order valence-electron chi connectivity index (χ2n) is 5.82. The standard InChI is InChI=1S/C19H21N3O2/c1-4-22(12-15-8-6-5-7-13(15)2)19(23)17-11-16(20-21-17)18-10-9-14(3)24-18/h5-11H,4,12H2,1-3H3,(H,20,21). The number of rotatable bonds is 5. The Hall–Kier alpha value is -2.82. The van der Waals surface area contributed by atoms with E-state index in [2.05, 4.69) is 23.2 Å². The number of carbonyl (C=O) groups excluding carboxylic acids is 1. The van der Waals surface area contributed by atoms with Crippen molar-refractivity contribution < 1.29 is 9.21 Å². The van der Waals surface area contributed by atoms with Gasteiger partial charge in [-0.3, -0.25) is 9.89 Å². The van der Waals surface area contributed by atoms with Crippen LogP contribution in [0.5, 0.6) is 0 Å². The molecule has 1 amide bonds. The Balaban J connectivity index is 1.79. The van der Waals surface area contributed by atoms with Crippen molar-refractivity contribution in [1.29, 1.82) is 0 Å². The average molecular weight is 323 g/mol. The molecular formula is C19H21N3O2. The van der Waals surface area contributed by atoms with Gasteiger partial charge < -0.3 is 9.32 Å². The van der Waals surface area contributed by atoms with E-state index < -0.39 is 0 Å². The fourth-order valence-corrected chi connectivity index (χ4v) is 2.62. The smallest absolute Gasteiger partial charge is 0.274 e. The molecule has 1 N–H and O–H groups in total. The Morgan fingerprint density at radius 3 is 2.67 bits per heavy atom. The summed E-state index contributed by atoms with van der Waals surface area (Å²) in [6.45, 7) is 7.10. The van der Waals surface area contributed by atoms with Gasteiger partial charge >= 0.3 is 0 Å². The molecule has 3 rings (SSSR count). The monoisotopic (exact) mass is 323 g/mol. The highest BCUT2D eigenvalue weighted by molar-refractivity contribution is 5.93. The molecule has 2 heterocycles. The van der Waals surface area contributed by atoms with E-state index >= 15 is 0 Å². The maximum absolute atomic E-state index is 12.8. The first-order valence-electron chi connectivity index (χ1n) is 8.04. The minimum atomic E-state index is -0.0912. The molecule has 5 heteroatoms. The largest absolute Gasteiger partial charge is 0.460 e. The van der Waals surface area contributed by atoms with Gasteiger partial charge in [0.15, 0.2) is 11.5 Å². The molecule has 5 nitrogen and oxygen atoms in total. The minimum absolute atomic E-state index is 0.0912. The van der Waals surface area contributed by atoms with Crippen molar-refractivity contribution in [2.75, 3.05) is 6.54 Å². The molecule has 124 valence electrons. The Bertz CT molecular complexity index is 848. The van der Waals surface area contributed by atoms with Crippen molar-refractivity contribution in [1.82, 2.24) is 15.1 Å². The normalized spacial score (nSPS) is 10.8. The lowest BCUT2D eigenvalue weighted by molar-refractivity contribution is 0.0746. The number of aromatic nitrogens is 2. The van der Waals surface area contributed by atoms with Crippen LogP contribution < -0.4 is 0 Å². The van der Waals surface area contributed by atoms with Crippen LogP contribution in [-0.2, 0) is 6.54 Å². The quantitative estimate of drug-likeness (QED) is 0.773. The first-order valence-corrected chi connectivity index (χ1v) is 8.04. The number of aromatic amines is 1. The maximum Gasteiger partial charge on any atom is 0.274 e. The summed E-state index contributed by atoms with van der Waals surface area (Å²) in [5.41, 5.74) is 3.43. The van der Waals surface area contributed by atoms with Crippen molar-refractivity contribution >= 4 is 5.91 Å². The Morgan fingerprint density at radius 1 is 1.21 bits per heavy atom. The molecule has 0 spiro atoms. The van der Waals surface area contributed by atoms with Gasteiger partial charge in [-0.25, -0.2) is 0 Å². The number of hydrogen-bond acceptors (Lipinski definition) is 3. The topological polar surface area (TPSA) is 62.1 Å². The molecule has 0 aliphatic rings. The number of aryl methyl sites for hydroxylation is 2. The van der Waals surface area contributed by atoms with E-state index in [-0.39, 0.29) is 5.91 Å². The highest BCUT2D eigenvalue weighted by Gasteiger charge is 2.19. The summed E-state index contributed by atoms with van der Waals surface area (Å²) in [4.78, 5) is 14.5. The molecule has 0 unspecified atom stereocenters. The number of benzene rings is 1. The van der Waals surface area contributed by atoms with Crippen LogP contribution in [0.15, 0.2) is 46.9 Å². The van der Waals surface area contributed by atoms with E-state index in [4.69, 9.17) is 4.42 Å². The second kappa shape index (κ2) is 6.74. The molecule has 0 aliphatic heterocycles. The lowest BCUT2D eigenvalue weighted by Crippen LogP contribution is -2.30. The number of hydrogen-bond donors (Lipinski definition) is 1. The molecule has 24 heavy (non-hydrogen) atoms. The van der Waals surface area contributed by atoms with E-state index in [0.717, 1.165) is 11.3 Å². The van der Waals surface area contributed by atoms with Gasteiger partial charge in [-0.15, -0.1) is 0 Å². The Labute approximate surface area is 141 Å². The van der Waals surface area contributed by atoms with E-state index in [1.165, 1.54) is 5.56 Å². The second-order valence-corrected chi connectivity index (χ2v) is 5.82. The van der Waals surface area contributed by atoms with Gasteiger partial charge in [-0.1, -0.05) is 24.3 Å². The molecule has 1 aromatic carbocycles. The summed E-state index contributed by atoms with van der Waals surface area (Å²) in [6, 6.07) is 13.6. The molecule has 0 radical (unpaired) electrons. The maximum atomic E-state index is 12.8. The van der Waals surface area contributed by atoms with Crippen molar-refractivity contribution in [3.8, 4) is 11.5 Å². The molecule has 0 fully saturated rings. The summed E-state index contributed by atoms with van der Waals surface area (Å²) in [5.74, 6) is 1.41. The summed E-state index contributed by atoms with van der Waals surface area (Å²) in [7, 11) is 0. The van der Waals surface area contributed by atoms with E-state index in [0.29, 0.717) is 30.2 Å². The van der Waals surface area contributed by atoms with Crippen LogP contribution in [0, 0.1) is 13.8 Å². The van der Waals surface area contributed by atoms with Crippen molar-refractivity contribution in [3.63, 3.8) is 0 Å². The third-order valence-corrected chi connectivity index (χ3v) is 4.09. The van der Waals surface area contributed by atoms with Crippen LogP contribution in [0.25, 0.3) is 11.5 Å². The molecule has 0 atom stereocenters. The van der Waals surface area contributed by atoms with Gasteiger partial charge in [-0.2, -0.15) is 5.10 Å². The summed E-state index contributed by atoms with van der Waals surface area (Å²) in [6.07, 6.45) is 0. The third-order valence-electron chi connectivity index (χ3n) is 4.09. The molecule has 0 saturated carbocycles. The molecule has 0 bridgehead atoms. The van der Waals surface area contributed by atoms with Gasteiger partial charge in [0.05, 0.1) is 0 Å². The number of carbonyl (C=O) groups is 1. The van der Waals surface area contributed by atoms with Crippen LogP contribution in [0.1, 0.15) is 34.3 Å². The van der Waals surface area contributed by atoms with Gasteiger partial charge in [0, 0.05) is 19.2 Å². The van der Waals surface area contributed by atoms with Gasteiger partial charge in [-0.05, 0) is 44.0 Å². The van der Waals surface area contributed by atoms with E-state index in [1.54, 1.807) is 11.0 Å². The van der Waals surface area contributed by atoms with Crippen LogP contribution in [-0.4, -0.2) is 27.5 Å². The average Bonchev–Trinajstić information content (AvgIpc) is 3.22. The zero-order chi connectivity index (χ0) is 17.1. The Morgan fingerprint density at radius 2 is 2.00 bits per heavy atom. The van der Waals surface area contributed by atoms with Crippen molar-refractivity contribution in [2.24, 2.45) is 0 Å². The summed E-state index contributed by atoms with van der Waals surface area (Å²) in [5, 5.41) is 7.04. The van der Waals surface area contributed by atoms with Crippen LogP contribution in [0.4, 0.5) is 0 Å². The van der Waals surface area contributed by atoms with Gasteiger partial charge in [0.1, 0.15) is 11.5 Å². The molecular weight excluding hydrogens is 302 g/mol. The van der Waals surface area contributed by atoms with Crippen LogP contribution in [0.3, 0.4) is 0 Å². The highest BCUT2D eigenvalue weighted by Crippen LogP contribution is 2.21. The number of amides is 1. The van der Waals surface area contributed by atoms with Crippen molar-refractivity contribution in [3.05, 3.63) is 65.0 Å². The van der Waals surface area contributed by atoms with E-state index in [9.17, 15) is 4.79 Å². The number of nitrogens with one attached hydrogen (secondary N) is 1. The minimum Gasteiger partial charge on any atom is -0.460 e. The first-order chi connectivity index (χ1) is 11.6. The zero-order valence-corrected chi connectivity index (χ0v) is 14.2. The molecule has 0 aliphatic carbocycles. The van der Waals surface area contributed by atoms with Crippen LogP contribution in [0.2, 0.25) is 0 Å². The number of H-pyrrole nitrogens is 1. The van der Waals surface area contributed by atoms with Crippen molar-refractivity contribution in [2.45, 2.75) is 27.3 Å². The Kier molecular flexibility index (Phi) is 4.51. The lowest BCUT2D eigenvalue weighted by atomic mass is 10.1. The predicted octanol–water partition coefficient (Wildman–Crippen LogP) is 3.95. The van der Waals surface area contributed by atoms with Crippen LogP contribution >= 0.6 is 0 Å². The molecule has 3 aromatic rings. The SMILES string of the molecule is CCN(Cc1ccccc1C)C(=O)c1cc(-c2ccc(C)o2)[nH]n1. The van der Waals surface area contributed by atoms with Gasteiger partial charge in [0.2, 0.25) is 0 Å². The predicted molar refractivity (Wildman–Crippen MR) is 92.6 cm³/mol. The zero-order valence-electron chi connectivity index (χ0n) is 14.2. The highest BCUT2D eigenvalue weighted by atomic mass is 16.3. The molecule has 0 saturated heterocycles. The fraction of sp³-hybridized carbons (Fsp3) is 0.263. The lowest BCUT2D eigenvalue weighted by Gasteiger charge is -2.20. The van der Waals surface area contributed by atoms with E-state index in [1.807, 2.05) is 44.2 Å². The number of furan rings is 1. The molecule has 2 aromatic heterocycles. The summed E-state index contributed by atoms with van der Waals surface area (Å²) >= 11 is 0. The first kappa shape index (κ1) is 16.1. The fourth-order valence-electron chi connectivity index (χ4n) is 2.62. The van der Waals surface area contributed by atoms with Gasteiger partial charge in [0.25, 0.3) is 5.91 Å². The number of nitrogens with zero attached hydrogens (tertiary/aromatic N) is 2. The summed E-state index contributed by atoms with van der Waals surface area (Å²) < 4.78 is 5.56.